The molecule has 0 bridgehead atoms. The zero-order valence-corrected chi connectivity index (χ0v) is 14.5. The standard InChI is InChI=1S/C18H14F4N2O2S/c19-14-6-1-2-7-15(14)27-11-17(26)24-23-16(25)9-8-12-4-3-5-13(10-12)18(20,21)22/h1-10H,11H2,(H,23,25)(H,24,26)/b9-8+. The molecule has 0 aliphatic rings. The summed E-state index contributed by atoms with van der Waals surface area (Å²) in [5.74, 6) is -1.87. The lowest BCUT2D eigenvalue weighted by atomic mass is 10.1. The highest BCUT2D eigenvalue weighted by molar-refractivity contribution is 8.00. The molecule has 0 unspecified atom stereocenters. The van der Waals surface area contributed by atoms with Crippen molar-refractivity contribution in [3.63, 3.8) is 0 Å². The molecule has 2 amide bonds. The third kappa shape index (κ3) is 6.78. The molecule has 0 atom stereocenters. The lowest BCUT2D eigenvalue weighted by Crippen LogP contribution is -2.41. The Kier molecular flexibility index (Phi) is 7.00. The predicted molar refractivity (Wildman–Crippen MR) is 93.9 cm³/mol. The zero-order chi connectivity index (χ0) is 19.9. The average Bonchev–Trinajstić information content (AvgIpc) is 2.63. The number of amides is 2. The smallest absolute Gasteiger partial charge is 0.272 e. The maximum absolute atomic E-state index is 13.4. The Hall–Kier alpha value is -2.81. The first kappa shape index (κ1) is 20.5. The minimum atomic E-state index is -4.48. The summed E-state index contributed by atoms with van der Waals surface area (Å²) in [4.78, 5) is 23.6. The van der Waals surface area contributed by atoms with Crippen molar-refractivity contribution in [2.45, 2.75) is 11.1 Å². The predicted octanol–water partition coefficient (Wildman–Crippen LogP) is 3.80. The summed E-state index contributed by atoms with van der Waals surface area (Å²) in [5, 5.41) is 0. The number of alkyl halides is 3. The molecule has 0 aliphatic carbocycles. The van der Waals surface area contributed by atoms with Gasteiger partial charge in [-0.15, -0.1) is 11.8 Å². The number of hydrogen-bond acceptors (Lipinski definition) is 3. The Bertz CT molecular complexity index is 853. The van der Waals surface area contributed by atoms with Gasteiger partial charge in [0, 0.05) is 11.0 Å². The van der Waals surface area contributed by atoms with Crippen molar-refractivity contribution in [1.82, 2.24) is 10.9 Å². The summed E-state index contributed by atoms with van der Waals surface area (Å²) < 4.78 is 51.3. The third-order valence-electron chi connectivity index (χ3n) is 3.16. The van der Waals surface area contributed by atoms with Crippen LogP contribution in [0.2, 0.25) is 0 Å². The second-order valence-electron chi connectivity index (χ2n) is 5.21. The first-order valence-corrected chi connectivity index (χ1v) is 8.56. The topological polar surface area (TPSA) is 58.2 Å². The zero-order valence-electron chi connectivity index (χ0n) is 13.7. The van der Waals surface area contributed by atoms with Crippen molar-refractivity contribution in [3.8, 4) is 0 Å². The molecular formula is C18H14F4N2O2S. The lowest BCUT2D eigenvalue weighted by Gasteiger charge is -2.07. The molecule has 2 aromatic rings. The van der Waals surface area contributed by atoms with Crippen LogP contribution in [0.5, 0.6) is 0 Å². The molecule has 0 heterocycles. The van der Waals surface area contributed by atoms with Gasteiger partial charge in [-0.2, -0.15) is 13.2 Å². The van der Waals surface area contributed by atoms with Crippen molar-refractivity contribution in [2.75, 3.05) is 5.75 Å². The summed E-state index contributed by atoms with van der Waals surface area (Å²) >= 11 is 0.958. The van der Waals surface area contributed by atoms with Gasteiger partial charge in [0.2, 0.25) is 5.91 Å². The maximum Gasteiger partial charge on any atom is 0.416 e. The molecule has 0 saturated heterocycles. The third-order valence-corrected chi connectivity index (χ3v) is 4.21. The van der Waals surface area contributed by atoms with Crippen molar-refractivity contribution in [3.05, 3.63) is 71.6 Å². The van der Waals surface area contributed by atoms with Crippen LogP contribution in [0, 0.1) is 5.82 Å². The Balaban J connectivity index is 1.81. The minimum Gasteiger partial charge on any atom is -0.272 e. The van der Waals surface area contributed by atoms with Crippen LogP contribution in [0.3, 0.4) is 0 Å². The largest absolute Gasteiger partial charge is 0.416 e. The fourth-order valence-electron chi connectivity index (χ4n) is 1.90. The second kappa shape index (κ2) is 9.22. The molecule has 0 aromatic heterocycles. The molecule has 9 heteroatoms. The highest BCUT2D eigenvalue weighted by atomic mass is 32.2. The van der Waals surface area contributed by atoms with Crippen LogP contribution in [0.25, 0.3) is 6.08 Å². The Labute approximate surface area is 156 Å². The van der Waals surface area contributed by atoms with Gasteiger partial charge in [0.25, 0.3) is 5.91 Å². The normalized spacial score (nSPS) is 11.4. The fourth-order valence-corrected chi connectivity index (χ4v) is 2.64. The summed E-state index contributed by atoms with van der Waals surface area (Å²) in [6.45, 7) is 0. The fraction of sp³-hybridized carbons (Fsp3) is 0.111. The van der Waals surface area contributed by atoms with Crippen molar-refractivity contribution < 1.29 is 27.2 Å². The van der Waals surface area contributed by atoms with Crippen LogP contribution >= 0.6 is 11.8 Å². The molecule has 2 rings (SSSR count). The van der Waals surface area contributed by atoms with Gasteiger partial charge in [-0.3, -0.25) is 20.4 Å². The van der Waals surface area contributed by atoms with Gasteiger partial charge in [0.1, 0.15) is 5.82 Å². The molecule has 4 nitrogen and oxygen atoms in total. The number of hydrazine groups is 1. The van der Waals surface area contributed by atoms with Crippen LogP contribution < -0.4 is 10.9 Å². The summed E-state index contributed by atoms with van der Waals surface area (Å²) in [7, 11) is 0. The molecular weight excluding hydrogens is 384 g/mol. The highest BCUT2D eigenvalue weighted by Gasteiger charge is 2.30. The maximum atomic E-state index is 13.4. The Morgan fingerprint density at radius 2 is 1.78 bits per heavy atom. The van der Waals surface area contributed by atoms with E-state index in [0.29, 0.717) is 4.90 Å². The van der Waals surface area contributed by atoms with Gasteiger partial charge < -0.3 is 0 Å². The van der Waals surface area contributed by atoms with Crippen LogP contribution in [0.1, 0.15) is 11.1 Å². The Morgan fingerprint density at radius 1 is 1.04 bits per heavy atom. The van der Waals surface area contributed by atoms with E-state index in [2.05, 4.69) is 10.9 Å². The van der Waals surface area contributed by atoms with E-state index in [9.17, 15) is 27.2 Å². The number of hydrogen-bond donors (Lipinski definition) is 2. The summed E-state index contributed by atoms with van der Waals surface area (Å²) in [6.07, 6.45) is -2.30. The quantitative estimate of drug-likeness (QED) is 0.349. The number of nitrogens with one attached hydrogen (secondary N) is 2. The molecule has 142 valence electrons. The second-order valence-corrected chi connectivity index (χ2v) is 6.23. The van der Waals surface area contributed by atoms with E-state index in [1.807, 2.05) is 0 Å². The molecule has 2 aromatic carbocycles. The van der Waals surface area contributed by atoms with Gasteiger partial charge >= 0.3 is 6.18 Å². The van der Waals surface area contributed by atoms with E-state index in [-0.39, 0.29) is 11.3 Å². The number of carbonyl (C=O) groups is 2. The molecule has 2 N–H and O–H groups in total. The highest BCUT2D eigenvalue weighted by Crippen LogP contribution is 2.29. The number of carbonyl (C=O) groups excluding carboxylic acids is 2. The van der Waals surface area contributed by atoms with Crippen molar-refractivity contribution in [2.24, 2.45) is 0 Å². The van der Waals surface area contributed by atoms with E-state index >= 15 is 0 Å². The van der Waals surface area contributed by atoms with Crippen molar-refractivity contribution >= 4 is 29.7 Å². The van der Waals surface area contributed by atoms with E-state index in [1.165, 1.54) is 36.4 Å². The van der Waals surface area contributed by atoms with Crippen LogP contribution in [0.4, 0.5) is 17.6 Å². The van der Waals surface area contributed by atoms with E-state index in [0.717, 1.165) is 30.0 Å². The first-order chi connectivity index (χ1) is 12.8. The Morgan fingerprint density at radius 3 is 2.48 bits per heavy atom. The van der Waals surface area contributed by atoms with Gasteiger partial charge in [0.15, 0.2) is 0 Å². The molecule has 0 radical (unpaired) electrons. The molecule has 0 spiro atoms. The molecule has 0 fully saturated rings. The summed E-state index contributed by atoms with van der Waals surface area (Å²) in [6, 6.07) is 10.4. The van der Waals surface area contributed by atoms with Gasteiger partial charge in [0.05, 0.1) is 11.3 Å². The average molecular weight is 398 g/mol. The van der Waals surface area contributed by atoms with Crippen LogP contribution in [-0.4, -0.2) is 17.6 Å². The summed E-state index contributed by atoms with van der Waals surface area (Å²) in [5.41, 5.74) is 3.58. The van der Waals surface area contributed by atoms with Crippen LogP contribution in [-0.2, 0) is 15.8 Å². The molecule has 0 aliphatic heterocycles. The number of thioether (sulfide) groups is 1. The van der Waals surface area contributed by atoms with E-state index < -0.39 is 29.4 Å². The van der Waals surface area contributed by atoms with E-state index in [4.69, 9.17) is 0 Å². The molecule has 27 heavy (non-hydrogen) atoms. The number of rotatable bonds is 5. The van der Waals surface area contributed by atoms with E-state index in [1.54, 1.807) is 6.07 Å². The monoisotopic (exact) mass is 398 g/mol. The SMILES string of the molecule is O=C(/C=C/c1cccc(C(F)(F)F)c1)NNC(=O)CSc1ccccc1F. The van der Waals surface area contributed by atoms with Gasteiger partial charge in [-0.05, 0) is 35.9 Å². The van der Waals surface area contributed by atoms with Gasteiger partial charge in [-0.25, -0.2) is 4.39 Å². The molecule has 0 saturated carbocycles. The minimum absolute atomic E-state index is 0.126. The van der Waals surface area contributed by atoms with Crippen molar-refractivity contribution in [1.29, 1.82) is 0 Å². The first-order valence-electron chi connectivity index (χ1n) is 7.57. The number of benzene rings is 2. The van der Waals surface area contributed by atoms with Gasteiger partial charge in [-0.1, -0.05) is 24.3 Å². The lowest BCUT2D eigenvalue weighted by molar-refractivity contribution is -0.137. The van der Waals surface area contributed by atoms with Crippen LogP contribution in [0.15, 0.2) is 59.5 Å². The number of halogens is 4.